The number of morpholine rings is 1. The monoisotopic (exact) mass is 491 g/mol. The fraction of sp³-hybridized carbons (Fsp3) is 0.240. The average Bonchev–Trinajstić information content (AvgIpc) is 3.50. The van der Waals surface area contributed by atoms with Gasteiger partial charge >= 0.3 is 0 Å². The van der Waals surface area contributed by atoms with Crippen LogP contribution in [0.5, 0.6) is 5.75 Å². The number of hydrogen-bond donors (Lipinski definition) is 3. The Bertz CT molecular complexity index is 1320. The van der Waals surface area contributed by atoms with Crippen molar-refractivity contribution in [1.82, 2.24) is 15.5 Å². The molecule has 5 rings (SSSR count). The number of amides is 2. The molecule has 4 aromatic rings. The highest BCUT2D eigenvalue weighted by Crippen LogP contribution is 2.29. The van der Waals surface area contributed by atoms with Gasteiger partial charge in [0.05, 0.1) is 30.6 Å². The van der Waals surface area contributed by atoms with E-state index in [2.05, 4.69) is 25.7 Å². The molecule has 1 aliphatic heterocycles. The molecule has 0 bridgehead atoms. The molecule has 180 valence electrons. The van der Waals surface area contributed by atoms with E-state index in [-0.39, 0.29) is 11.8 Å². The van der Waals surface area contributed by atoms with Crippen LogP contribution in [0.4, 0.5) is 11.5 Å². The van der Waals surface area contributed by atoms with Gasteiger partial charge in [-0.05, 0) is 48.0 Å². The molecule has 3 heterocycles. The third-order valence-electron chi connectivity index (χ3n) is 5.83. The minimum Gasteiger partial charge on any atom is -0.497 e. The molecule has 1 fully saturated rings. The van der Waals surface area contributed by atoms with Crippen molar-refractivity contribution in [2.45, 2.75) is 6.54 Å². The third-order valence-corrected chi connectivity index (χ3v) is 6.86. The summed E-state index contributed by atoms with van der Waals surface area (Å²) in [7, 11) is 1.61. The molecule has 0 spiro atoms. The Kier molecular flexibility index (Phi) is 6.64. The Morgan fingerprint density at radius 2 is 1.83 bits per heavy atom. The quantitative estimate of drug-likeness (QED) is 0.364. The zero-order chi connectivity index (χ0) is 24.2. The van der Waals surface area contributed by atoms with Gasteiger partial charge in [-0.25, -0.2) is 0 Å². The van der Waals surface area contributed by atoms with Crippen molar-refractivity contribution in [2.75, 3.05) is 43.6 Å². The van der Waals surface area contributed by atoms with Gasteiger partial charge in [0.1, 0.15) is 16.4 Å². The van der Waals surface area contributed by atoms with E-state index in [9.17, 15) is 9.59 Å². The number of carbonyl (C=O) groups excluding carboxylic acids is 2. The molecular weight excluding hydrogens is 466 g/mol. The van der Waals surface area contributed by atoms with Crippen LogP contribution in [0.1, 0.15) is 25.6 Å². The van der Waals surface area contributed by atoms with Crippen molar-refractivity contribution in [3.8, 4) is 5.75 Å². The Morgan fingerprint density at radius 3 is 2.54 bits per heavy atom. The number of hydrogen-bond acceptors (Lipinski definition) is 7. The molecule has 0 unspecified atom stereocenters. The number of thiophene rings is 1. The SMILES string of the molecule is COc1ccc(CNC(=O)c2cc3c(NC(=O)c4ccc(N5CCOCC5)cc4)[nH]nc3s2)cc1. The number of anilines is 2. The topological polar surface area (TPSA) is 109 Å². The number of ether oxygens (including phenoxy) is 2. The normalized spacial score (nSPS) is 13.6. The van der Waals surface area contributed by atoms with Crippen LogP contribution >= 0.6 is 11.3 Å². The number of aromatic amines is 1. The summed E-state index contributed by atoms with van der Waals surface area (Å²) in [5.41, 5.74) is 2.57. The maximum Gasteiger partial charge on any atom is 0.261 e. The molecule has 0 radical (unpaired) electrons. The van der Waals surface area contributed by atoms with Crippen LogP contribution in [0.2, 0.25) is 0 Å². The van der Waals surface area contributed by atoms with Gasteiger partial charge < -0.3 is 25.0 Å². The van der Waals surface area contributed by atoms with Crippen LogP contribution in [0.3, 0.4) is 0 Å². The number of carbonyl (C=O) groups is 2. The lowest BCUT2D eigenvalue weighted by molar-refractivity contribution is 0.0954. The summed E-state index contributed by atoms with van der Waals surface area (Å²) in [6.45, 7) is 3.49. The second kappa shape index (κ2) is 10.2. The molecule has 2 amide bonds. The Morgan fingerprint density at radius 1 is 1.09 bits per heavy atom. The summed E-state index contributed by atoms with van der Waals surface area (Å²) >= 11 is 1.27. The molecule has 1 aliphatic rings. The Labute approximate surface area is 206 Å². The smallest absolute Gasteiger partial charge is 0.261 e. The number of rotatable bonds is 7. The summed E-state index contributed by atoms with van der Waals surface area (Å²) in [6, 6.07) is 16.8. The minimum atomic E-state index is -0.249. The lowest BCUT2D eigenvalue weighted by Crippen LogP contribution is -2.36. The molecule has 0 saturated carbocycles. The molecule has 10 heteroatoms. The number of nitrogens with zero attached hydrogens (tertiary/aromatic N) is 2. The highest BCUT2D eigenvalue weighted by atomic mass is 32.1. The molecule has 2 aromatic heterocycles. The average molecular weight is 492 g/mol. The van der Waals surface area contributed by atoms with Gasteiger partial charge in [-0.1, -0.05) is 12.1 Å². The van der Waals surface area contributed by atoms with E-state index in [1.807, 2.05) is 36.4 Å². The fourth-order valence-electron chi connectivity index (χ4n) is 3.86. The highest BCUT2D eigenvalue weighted by molar-refractivity contribution is 7.20. The summed E-state index contributed by atoms with van der Waals surface area (Å²) in [6.07, 6.45) is 0. The van der Waals surface area contributed by atoms with Crippen molar-refractivity contribution >= 4 is 44.9 Å². The zero-order valence-corrected chi connectivity index (χ0v) is 20.0. The van der Waals surface area contributed by atoms with Crippen LogP contribution < -0.4 is 20.3 Å². The summed E-state index contributed by atoms with van der Waals surface area (Å²) in [5.74, 6) is 0.787. The molecular formula is C25H25N5O4S. The number of nitrogens with one attached hydrogen (secondary N) is 3. The zero-order valence-electron chi connectivity index (χ0n) is 19.2. The van der Waals surface area contributed by atoms with Crippen molar-refractivity contribution in [1.29, 1.82) is 0 Å². The molecule has 2 aromatic carbocycles. The van der Waals surface area contributed by atoms with E-state index < -0.39 is 0 Å². The Balaban J connectivity index is 1.22. The van der Waals surface area contributed by atoms with Gasteiger partial charge in [0.15, 0.2) is 0 Å². The highest BCUT2D eigenvalue weighted by Gasteiger charge is 2.18. The number of H-pyrrole nitrogens is 1. The van der Waals surface area contributed by atoms with Crippen LogP contribution in [0.15, 0.2) is 54.6 Å². The van der Waals surface area contributed by atoms with E-state index in [0.717, 1.165) is 30.1 Å². The van der Waals surface area contributed by atoms with Crippen LogP contribution in [-0.4, -0.2) is 55.4 Å². The maximum absolute atomic E-state index is 12.8. The van der Waals surface area contributed by atoms with Crippen LogP contribution in [0, 0.1) is 0 Å². The molecule has 35 heavy (non-hydrogen) atoms. The second-order valence-corrected chi connectivity index (χ2v) is 9.09. The van der Waals surface area contributed by atoms with Gasteiger partial charge in [0.25, 0.3) is 11.8 Å². The maximum atomic E-state index is 12.8. The number of benzene rings is 2. The van der Waals surface area contributed by atoms with E-state index in [4.69, 9.17) is 9.47 Å². The number of aromatic nitrogens is 2. The first-order valence-corrected chi connectivity index (χ1v) is 12.1. The van der Waals surface area contributed by atoms with Crippen molar-refractivity contribution in [2.24, 2.45) is 0 Å². The van der Waals surface area contributed by atoms with Gasteiger partial charge in [-0.3, -0.25) is 14.7 Å². The molecule has 0 aliphatic carbocycles. The summed E-state index contributed by atoms with van der Waals surface area (Å²) in [5, 5.41) is 13.6. The molecule has 1 saturated heterocycles. The van der Waals surface area contributed by atoms with E-state index in [1.54, 1.807) is 25.3 Å². The standard InChI is InChI=1S/C25H25N5O4S/c1-33-19-8-2-16(3-9-19)15-26-24(32)21-14-20-22(28-29-25(20)35-21)27-23(31)17-4-6-18(7-5-17)30-10-12-34-13-11-30/h2-9,14H,10-13,15H2,1H3,(H,26,32)(H2,27,28,29,31). The molecule has 3 N–H and O–H groups in total. The lowest BCUT2D eigenvalue weighted by Gasteiger charge is -2.28. The first kappa shape index (κ1) is 22.9. The summed E-state index contributed by atoms with van der Waals surface area (Å²) < 4.78 is 10.5. The lowest BCUT2D eigenvalue weighted by atomic mass is 10.1. The largest absolute Gasteiger partial charge is 0.497 e. The fourth-order valence-corrected chi connectivity index (χ4v) is 4.77. The summed E-state index contributed by atoms with van der Waals surface area (Å²) in [4.78, 5) is 28.9. The van der Waals surface area contributed by atoms with Crippen molar-refractivity contribution in [3.63, 3.8) is 0 Å². The van der Waals surface area contributed by atoms with Gasteiger partial charge in [-0.15, -0.1) is 11.3 Å². The predicted octanol–water partition coefficient (Wildman–Crippen LogP) is 3.65. The number of fused-ring (bicyclic) bond motifs is 1. The van der Waals surface area contributed by atoms with Gasteiger partial charge in [-0.2, -0.15) is 5.10 Å². The first-order valence-electron chi connectivity index (χ1n) is 11.2. The van der Waals surface area contributed by atoms with E-state index >= 15 is 0 Å². The van der Waals surface area contributed by atoms with Gasteiger partial charge in [0.2, 0.25) is 0 Å². The number of methoxy groups -OCH3 is 1. The third kappa shape index (κ3) is 5.13. The van der Waals surface area contributed by atoms with Gasteiger partial charge in [0, 0.05) is 30.9 Å². The Hall–Kier alpha value is -3.89. The molecule has 0 atom stereocenters. The van der Waals surface area contributed by atoms with Crippen LogP contribution in [0.25, 0.3) is 10.2 Å². The minimum absolute atomic E-state index is 0.195. The first-order chi connectivity index (χ1) is 17.1. The van der Waals surface area contributed by atoms with E-state index in [0.29, 0.717) is 46.2 Å². The predicted molar refractivity (Wildman–Crippen MR) is 136 cm³/mol. The second-order valence-electron chi connectivity index (χ2n) is 8.06. The van der Waals surface area contributed by atoms with E-state index in [1.165, 1.54) is 11.3 Å². The molecule has 9 nitrogen and oxygen atoms in total. The van der Waals surface area contributed by atoms with Crippen LogP contribution in [-0.2, 0) is 11.3 Å². The van der Waals surface area contributed by atoms with Crippen molar-refractivity contribution in [3.05, 3.63) is 70.6 Å². The van der Waals surface area contributed by atoms with Crippen molar-refractivity contribution < 1.29 is 19.1 Å².